The molecule has 0 aliphatic heterocycles. The molecule has 0 amide bonds. The molecule has 1 aromatic rings. The Kier molecular flexibility index (Phi) is 12.9. The molecular formula is C11H17Cl2N2O3PRhS. The average molecular weight is 462 g/mol. The normalized spacial score (nSPS) is 10.5. The van der Waals surface area contributed by atoms with Crippen molar-refractivity contribution in [1.82, 2.24) is 5.09 Å². The summed E-state index contributed by atoms with van der Waals surface area (Å²) >= 11 is 4.83. The first-order valence-corrected chi connectivity index (χ1v) is 12.1. The van der Waals surface area contributed by atoms with Crippen LogP contribution in [-0.4, -0.2) is 18.3 Å². The van der Waals surface area contributed by atoms with Crippen LogP contribution >= 0.6 is 39.3 Å². The zero-order valence-corrected chi connectivity index (χ0v) is 16.3. The fraction of sp³-hybridized carbons (Fsp3) is 0.364. The Balaban J connectivity index is 0.00000122. The second-order valence-electron chi connectivity index (χ2n) is 3.31. The SMILES string of the molecule is CCOP(=O)(NC(=S)Nc1ccccc1)OCC.[Cl][Rh][Cl]. The molecule has 0 aromatic heterocycles. The molecule has 0 radical (unpaired) electrons. The summed E-state index contributed by atoms with van der Waals surface area (Å²) < 4.78 is 22.3. The van der Waals surface area contributed by atoms with Gasteiger partial charge in [-0.15, -0.1) is 0 Å². The summed E-state index contributed by atoms with van der Waals surface area (Å²) in [6.45, 7) is 4.03. The van der Waals surface area contributed by atoms with Gasteiger partial charge in [0.25, 0.3) is 0 Å². The Hall–Kier alpha value is 0.263. The molecule has 0 saturated carbocycles. The van der Waals surface area contributed by atoms with Crippen molar-refractivity contribution in [3.05, 3.63) is 30.3 Å². The van der Waals surface area contributed by atoms with Crippen LogP contribution in [0, 0.1) is 0 Å². The number of benzene rings is 1. The molecule has 0 atom stereocenters. The Labute approximate surface area is 146 Å². The van der Waals surface area contributed by atoms with Gasteiger partial charge in [0.15, 0.2) is 5.11 Å². The molecule has 2 N–H and O–H groups in total. The van der Waals surface area contributed by atoms with Crippen molar-refractivity contribution >= 4 is 50.1 Å². The van der Waals surface area contributed by atoms with Crippen LogP contribution in [0.4, 0.5) is 5.69 Å². The number of hydrogen-bond donors (Lipinski definition) is 2. The van der Waals surface area contributed by atoms with E-state index in [2.05, 4.69) is 10.4 Å². The molecule has 5 nitrogen and oxygen atoms in total. The van der Waals surface area contributed by atoms with Crippen LogP contribution in [0.15, 0.2) is 30.3 Å². The molecule has 0 unspecified atom stereocenters. The molecule has 0 saturated heterocycles. The minimum atomic E-state index is -3.37. The molecule has 0 fully saturated rings. The van der Waals surface area contributed by atoms with E-state index in [1.165, 1.54) is 0 Å². The summed E-state index contributed by atoms with van der Waals surface area (Å²) in [7, 11) is 6.30. The van der Waals surface area contributed by atoms with Crippen molar-refractivity contribution in [3.63, 3.8) is 0 Å². The van der Waals surface area contributed by atoms with Crippen LogP contribution in [-0.2, 0) is 28.8 Å². The van der Waals surface area contributed by atoms with E-state index < -0.39 is 7.75 Å². The summed E-state index contributed by atoms with van der Waals surface area (Å²) in [4.78, 5) is 0. The molecule has 0 heterocycles. The van der Waals surface area contributed by atoms with Gasteiger partial charge in [-0.2, -0.15) is 0 Å². The second kappa shape index (κ2) is 12.8. The van der Waals surface area contributed by atoms with E-state index in [0.717, 1.165) is 5.69 Å². The van der Waals surface area contributed by atoms with Gasteiger partial charge in [-0.3, -0.25) is 14.1 Å². The molecule has 0 aliphatic carbocycles. The number of rotatable bonds is 6. The molecule has 1 rings (SSSR count). The van der Waals surface area contributed by atoms with Gasteiger partial charge < -0.3 is 5.32 Å². The van der Waals surface area contributed by atoms with Crippen LogP contribution in [0.25, 0.3) is 0 Å². The third-order valence-corrected chi connectivity index (χ3v) is 3.92. The molecular weight excluding hydrogens is 445 g/mol. The van der Waals surface area contributed by atoms with Gasteiger partial charge in [-0.1, -0.05) is 18.2 Å². The van der Waals surface area contributed by atoms with Crippen molar-refractivity contribution in [2.24, 2.45) is 0 Å². The monoisotopic (exact) mass is 461 g/mol. The Morgan fingerprint density at radius 3 is 2.14 bits per heavy atom. The van der Waals surface area contributed by atoms with Crippen molar-refractivity contribution < 1.29 is 28.8 Å². The standard InChI is InChI=1S/C11H17N2O3PS.2ClH.Rh/c1-3-15-17(14,16-4-2)13-11(18)12-10-8-6-5-7-9-10;;;/h5-9H,3-4H2,1-2H3,(H2,12,13,14,18);2*1H;/q;;;+2/p-2. The topological polar surface area (TPSA) is 59.6 Å². The number of nitrogens with one attached hydrogen (secondary N) is 2. The number of halogens is 2. The van der Waals surface area contributed by atoms with E-state index in [-0.39, 0.29) is 33.5 Å². The van der Waals surface area contributed by atoms with Crippen molar-refractivity contribution in [3.8, 4) is 0 Å². The Morgan fingerprint density at radius 1 is 1.24 bits per heavy atom. The Bertz CT molecular complexity index is 446. The summed E-state index contributed by atoms with van der Waals surface area (Å²) in [5.74, 6) is 0. The maximum absolute atomic E-state index is 12.1. The molecule has 0 bridgehead atoms. The van der Waals surface area contributed by atoms with E-state index in [0.29, 0.717) is 0 Å². The zero-order valence-electron chi connectivity index (χ0n) is 11.5. The van der Waals surface area contributed by atoms with E-state index in [1.807, 2.05) is 30.3 Å². The number of thiocarbonyl (C=S) groups is 1. The third kappa shape index (κ3) is 10.6. The summed E-state index contributed by atoms with van der Waals surface area (Å²) in [5.41, 5.74) is 0.801. The molecule has 10 heteroatoms. The summed E-state index contributed by atoms with van der Waals surface area (Å²) in [6.07, 6.45) is 0. The first-order valence-electron chi connectivity index (χ1n) is 5.88. The van der Waals surface area contributed by atoms with E-state index in [1.54, 1.807) is 13.8 Å². The number of para-hydroxylation sites is 1. The van der Waals surface area contributed by atoms with Crippen LogP contribution in [0.2, 0.25) is 0 Å². The first kappa shape index (κ1) is 21.3. The molecule has 21 heavy (non-hydrogen) atoms. The van der Waals surface area contributed by atoms with Gasteiger partial charge >= 0.3 is 42.3 Å². The fourth-order valence-electron chi connectivity index (χ4n) is 1.25. The summed E-state index contributed by atoms with van der Waals surface area (Å²) in [5, 5.41) is 5.68. The summed E-state index contributed by atoms with van der Waals surface area (Å²) in [6, 6.07) is 9.33. The van der Waals surface area contributed by atoms with Crippen molar-refractivity contribution in [2.75, 3.05) is 18.5 Å². The number of anilines is 1. The van der Waals surface area contributed by atoms with Gasteiger partial charge in [0, 0.05) is 5.69 Å². The van der Waals surface area contributed by atoms with E-state index in [9.17, 15) is 4.57 Å². The molecule has 0 spiro atoms. The predicted octanol–water partition coefficient (Wildman–Crippen LogP) is 4.53. The van der Waals surface area contributed by atoms with Crippen LogP contribution < -0.4 is 10.4 Å². The maximum atomic E-state index is 12.1. The average Bonchev–Trinajstić information content (AvgIpc) is 2.40. The Morgan fingerprint density at radius 2 is 1.71 bits per heavy atom. The van der Waals surface area contributed by atoms with Gasteiger partial charge in [0.05, 0.1) is 13.2 Å². The van der Waals surface area contributed by atoms with Crippen LogP contribution in [0.5, 0.6) is 0 Å². The van der Waals surface area contributed by atoms with Crippen LogP contribution in [0.1, 0.15) is 13.8 Å². The second-order valence-corrected chi connectivity index (χ2v) is 7.94. The van der Waals surface area contributed by atoms with Gasteiger partial charge in [-0.05, 0) is 38.2 Å². The molecule has 123 valence electrons. The van der Waals surface area contributed by atoms with Crippen molar-refractivity contribution in [1.29, 1.82) is 0 Å². The minimum absolute atomic E-state index is 0.200. The van der Waals surface area contributed by atoms with Gasteiger partial charge in [-0.25, -0.2) is 4.57 Å². The number of hydrogen-bond acceptors (Lipinski definition) is 4. The van der Waals surface area contributed by atoms with Crippen molar-refractivity contribution in [2.45, 2.75) is 13.8 Å². The van der Waals surface area contributed by atoms with E-state index in [4.69, 9.17) is 40.6 Å². The first-order chi connectivity index (χ1) is 10.0. The quantitative estimate of drug-likeness (QED) is 0.368. The predicted molar refractivity (Wildman–Crippen MR) is 88.4 cm³/mol. The zero-order chi connectivity index (χ0) is 16.1. The molecule has 1 aromatic carbocycles. The van der Waals surface area contributed by atoms with E-state index >= 15 is 0 Å². The van der Waals surface area contributed by atoms with Gasteiger partial charge in [0.2, 0.25) is 0 Å². The van der Waals surface area contributed by atoms with Gasteiger partial charge in [0.1, 0.15) is 0 Å². The third-order valence-electron chi connectivity index (χ3n) is 1.87. The molecule has 0 aliphatic rings. The fourth-order valence-corrected chi connectivity index (χ4v) is 2.89. The van der Waals surface area contributed by atoms with Crippen LogP contribution in [0.3, 0.4) is 0 Å².